The van der Waals surface area contributed by atoms with Gasteiger partial charge in [0.05, 0.1) is 25.9 Å². The first-order valence-corrected chi connectivity index (χ1v) is 10.5. The van der Waals surface area contributed by atoms with Gasteiger partial charge in [0.25, 0.3) is 0 Å². The summed E-state index contributed by atoms with van der Waals surface area (Å²) in [6.07, 6.45) is 2.05. The average molecular weight is 384 g/mol. The summed E-state index contributed by atoms with van der Waals surface area (Å²) >= 11 is 0. The Morgan fingerprint density at radius 1 is 1.00 bits per heavy atom. The van der Waals surface area contributed by atoms with Gasteiger partial charge >= 0.3 is 0 Å². The van der Waals surface area contributed by atoms with Crippen molar-refractivity contribution in [3.8, 4) is 17.2 Å². The number of nitrogens with one attached hydrogen (secondary N) is 1. The molecule has 0 fully saturated rings. The fraction of sp³-hybridized carbons (Fsp3) is 0.500. The van der Waals surface area contributed by atoms with Crippen LogP contribution in [0.1, 0.15) is 56.8 Å². The van der Waals surface area contributed by atoms with Crippen LogP contribution in [0, 0.1) is 5.92 Å². The predicted molar refractivity (Wildman–Crippen MR) is 114 cm³/mol. The molecule has 1 unspecified atom stereocenters. The molecule has 4 nitrogen and oxygen atoms in total. The van der Waals surface area contributed by atoms with Crippen molar-refractivity contribution < 1.29 is 14.2 Å². The lowest BCUT2D eigenvalue weighted by Gasteiger charge is -2.29. The second-order valence-corrected chi connectivity index (χ2v) is 7.60. The van der Waals surface area contributed by atoms with E-state index in [1.807, 2.05) is 19.9 Å². The molecule has 0 aliphatic carbocycles. The molecule has 28 heavy (non-hydrogen) atoms. The average Bonchev–Trinajstić information content (AvgIpc) is 2.68. The molecule has 1 N–H and O–H groups in total. The van der Waals surface area contributed by atoms with Gasteiger partial charge in [-0.1, -0.05) is 26.0 Å². The number of rotatable bonds is 9. The maximum absolute atomic E-state index is 5.98. The lowest BCUT2D eigenvalue weighted by atomic mass is 9.89. The van der Waals surface area contributed by atoms with Gasteiger partial charge in [-0.25, -0.2) is 0 Å². The largest absolute Gasteiger partial charge is 0.494 e. The first-order valence-electron chi connectivity index (χ1n) is 10.5. The molecule has 4 heteroatoms. The quantitative estimate of drug-likeness (QED) is 0.650. The molecule has 152 valence electrons. The minimum atomic E-state index is 0.132. The zero-order chi connectivity index (χ0) is 19.9. The minimum absolute atomic E-state index is 0.132. The van der Waals surface area contributed by atoms with Crippen LogP contribution in [0.5, 0.6) is 17.2 Å². The smallest absolute Gasteiger partial charge is 0.161 e. The van der Waals surface area contributed by atoms with Crippen molar-refractivity contribution in [1.29, 1.82) is 0 Å². The zero-order valence-electron chi connectivity index (χ0n) is 17.6. The Morgan fingerprint density at radius 2 is 1.75 bits per heavy atom. The Bertz CT molecular complexity index is 772. The molecule has 1 heterocycles. The molecule has 2 aromatic rings. The normalized spacial score (nSPS) is 16.0. The van der Waals surface area contributed by atoms with Gasteiger partial charge in [-0.3, -0.25) is 0 Å². The summed E-state index contributed by atoms with van der Waals surface area (Å²) in [6, 6.07) is 12.9. The molecule has 0 bridgehead atoms. The molecular formula is C24H33NO3. The predicted octanol–water partition coefficient (Wildman–Crippen LogP) is 5.14. The van der Waals surface area contributed by atoms with Crippen molar-refractivity contribution in [3.63, 3.8) is 0 Å². The second-order valence-electron chi connectivity index (χ2n) is 7.60. The Balaban J connectivity index is 1.88. The molecule has 1 aliphatic rings. The lowest BCUT2D eigenvalue weighted by molar-refractivity contribution is 0.286. The number of ether oxygens (including phenoxy) is 3. The van der Waals surface area contributed by atoms with E-state index in [9.17, 15) is 0 Å². The third-order valence-corrected chi connectivity index (χ3v) is 5.01. The summed E-state index contributed by atoms with van der Waals surface area (Å²) in [6.45, 7) is 11.4. The highest BCUT2D eigenvalue weighted by Gasteiger charge is 2.24. The maximum Gasteiger partial charge on any atom is 0.161 e. The van der Waals surface area contributed by atoms with E-state index >= 15 is 0 Å². The molecule has 0 spiro atoms. The topological polar surface area (TPSA) is 39.7 Å². The van der Waals surface area contributed by atoms with E-state index in [2.05, 4.69) is 49.5 Å². The van der Waals surface area contributed by atoms with Gasteiger partial charge in [0.1, 0.15) is 5.75 Å². The summed E-state index contributed by atoms with van der Waals surface area (Å²) in [5.41, 5.74) is 3.80. The Labute approximate surface area is 169 Å². The summed E-state index contributed by atoms with van der Waals surface area (Å²) in [5.74, 6) is 3.24. The van der Waals surface area contributed by atoms with E-state index < -0.39 is 0 Å². The number of hydrogen-bond donors (Lipinski definition) is 1. The van der Waals surface area contributed by atoms with E-state index in [0.29, 0.717) is 19.1 Å². The van der Waals surface area contributed by atoms with Crippen LogP contribution in [0.4, 0.5) is 0 Å². The van der Waals surface area contributed by atoms with Gasteiger partial charge in [0.2, 0.25) is 0 Å². The highest BCUT2D eigenvalue weighted by Crippen LogP contribution is 2.38. The number of fused-ring (bicyclic) bond motifs is 1. The van der Waals surface area contributed by atoms with Gasteiger partial charge < -0.3 is 19.5 Å². The summed E-state index contributed by atoms with van der Waals surface area (Å²) < 4.78 is 17.7. The first-order chi connectivity index (χ1) is 13.6. The van der Waals surface area contributed by atoms with Crippen molar-refractivity contribution in [1.82, 2.24) is 5.32 Å². The van der Waals surface area contributed by atoms with Crippen LogP contribution in [0.3, 0.4) is 0 Å². The van der Waals surface area contributed by atoms with Gasteiger partial charge in [0.15, 0.2) is 11.5 Å². The number of benzene rings is 2. The molecule has 0 saturated heterocycles. The molecule has 0 saturated carbocycles. The van der Waals surface area contributed by atoms with Gasteiger partial charge in [-0.15, -0.1) is 0 Å². The third-order valence-electron chi connectivity index (χ3n) is 5.01. The highest BCUT2D eigenvalue weighted by molar-refractivity contribution is 5.52. The van der Waals surface area contributed by atoms with Crippen LogP contribution in [-0.4, -0.2) is 26.4 Å². The fourth-order valence-electron chi connectivity index (χ4n) is 3.59. The van der Waals surface area contributed by atoms with Gasteiger partial charge in [-0.05, 0) is 73.6 Å². The van der Waals surface area contributed by atoms with Crippen molar-refractivity contribution >= 4 is 0 Å². The van der Waals surface area contributed by atoms with E-state index in [-0.39, 0.29) is 6.04 Å². The van der Waals surface area contributed by atoms with Crippen molar-refractivity contribution in [2.24, 2.45) is 5.92 Å². The van der Waals surface area contributed by atoms with Crippen LogP contribution >= 0.6 is 0 Å². The highest BCUT2D eigenvalue weighted by atomic mass is 16.5. The molecule has 3 rings (SSSR count). The van der Waals surface area contributed by atoms with E-state index in [0.717, 1.165) is 43.2 Å². The molecule has 0 aromatic heterocycles. The third kappa shape index (κ3) is 4.99. The molecule has 2 aromatic carbocycles. The second kappa shape index (κ2) is 9.83. The van der Waals surface area contributed by atoms with Crippen molar-refractivity contribution in [3.05, 3.63) is 53.1 Å². The van der Waals surface area contributed by atoms with Crippen LogP contribution < -0.4 is 19.5 Å². The van der Waals surface area contributed by atoms with Crippen LogP contribution in [0.15, 0.2) is 36.4 Å². The molecule has 1 atom stereocenters. The Hall–Kier alpha value is -2.20. The summed E-state index contributed by atoms with van der Waals surface area (Å²) in [5, 5.41) is 3.66. The lowest BCUT2D eigenvalue weighted by Crippen LogP contribution is -2.30. The summed E-state index contributed by atoms with van der Waals surface area (Å²) in [7, 11) is 0. The van der Waals surface area contributed by atoms with E-state index in [1.165, 1.54) is 16.7 Å². The van der Waals surface area contributed by atoms with Gasteiger partial charge in [0, 0.05) is 6.54 Å². The monoisotopic (exact) mass is 383 g/mol. The standard InChI is InChI=1S/C24H33NO3/c1-5-26-22-15-18-10-12-25-24(21(18)16-23(22)27-6-2)19-8-7-9-20(14-19)28-13-11-17(3)4/h7-9,14-17,24-25H,5-6,10-13H2,1-4H3. The van der Waals surface area contributed by atoms with Crippen LogP contribution in [-0.2, 0) is 6.42 Å². The molecule has 0 amide bonds. The SMILES string of the molecule is CCOc1cc2c(cc1OCC)C(c1cccc(OCCC(C)C)c1)NCC2. The fourth-order valence-corrected chi connectivity index (χ4v) is 3.59. The van der Waals surface area contributed by atoms with Crippen LogP contribution in [0.2, 0.25) is 0 Å². The van der Waals surface area contributed by atoms with E-state index in [1.54, 1.807) is 0 Å². The van der Waals surface area contributed by atoms with E-state index in [4.69, 9.17) is 14.2 Å². The molecule has 0 radical (unpaired) electrons. The summed E-state index contributed by atoms with van der Waals surface area (Å²) in [4.78, 5) is 0. The van der Waals surface area contributed by atoms with Crippen LogP contribution in [0.25, 0.3) is 0 Å². The zero-order valence-corrected chi connectivity index (χ0v) is 17.6. The molecule has 1 aliphatic heterocycles. The number of hydrogen-bond acceptors (Lipinski definition) is 4. The van der Waals surface area contributed by atoms with Crippen molar-refractivity contribution in [2.75, 3.05) is 26.4 Å². The Kier molecular flexibility index (Phi) is 7.21. The van der Waals surface area contributed by atoms with Gasteiger partial charge in [-0.2, -0.15) is 0 Å². The molecular weight excluding hydrogens is 350 g/mol. The van der Waals surface area contributed by atoms with Crippen molar-refractivity contribution in [2.45, 2.75) is 46.6 Å². The Morgan fingerprint density at radius 3 is 2.46 bits per heavy atom. The first kappa shape index (κ1) is 20.5. The minimum Gasteiger partial charge on any atom is -0.494 e. The maximum atomic E-state index is 5.98.